The van der Waals surface area contributed by atoms with E-state index < -0.39 is 17.8 Å². The molecule has 3 N–H and O–H groups in total. The summed E-state index contributed by atoms with van der Waals surface area (Å²) in [5.41, 5.74) is 6.66. The molecule has 4 aliphatic rings. The number of fused-ring (bicyclic) bond motifs is 5. The summed E-state index contributed by atoms with van der Waals surface area (Å²) in [7, 11) is 0. The number of piperazine rings is 1. The van der Waals surface area contributed by atoms with E-state index in [0.717, 1.165) is 56.7 Å². The third kappa shape index (κ3) is 3.98. The zero-order valence-electron chi connectivity index (χ0n) is 22.4. The van der Waals surface area contributed by atoms with Crippen LogP contribution in [-0.4, -0.2) is 76.4 Å². The van der Waals surface area contributed by atoms with Gasteiger partial charge in [-0.25, -0.2) is 18.2 Å². The van der Waals surface area contributed by atoms with E-state index in [4.69, 9.17) is 15.5 Å². The summed E-state index contributed by atoms with van der Waals surface area (Å²) >= 11 is 1.03. The first-order valence-corrected chi connectivity index (χ1v) is 15.1. The molecule has 2 bridgehead atoms. The molecule has 0 saturated carbocycles. The summed E-state index contributed by atoms with van der Waals surface area (Å²) in [5.74, 6) is -0.345. The molecule has 6 heterocycles. The zero-order valence-corrected chi connectivity index (χ0v) is 23.2. The molecule has 0 radical (unpaired) electrons. The number of nitrogen functional groups attached to an aromatic ring is 1. The predicted molar refractivity (Wildman–Crippen MR) is 153 cm³/mol. The summed E-state index contributed by atoms with van der Waals surface area (Å²) in [4.78, 5) is 18.2. The predicted octanol–water partition coefficient (Wildman–Crippen LogP) is 4.66. The van der Waals surface area contributed by atoms with Crippen LogP contribution in [0.5, 0.6) is 6.01 Å². The molecular formula is C29H30F3N7OS. The van der Waals surface area contributed by atoms with E-state index in [2.05, 4.69) is 25.1 Å². The summed E-state index contributed by atoms with van der Waals surface area (Å²) in [6, 6.07) is 6.93. The summed E-state index contributed by atoms with van der Waals surface area (Å²) in [6.45, 7) is 3.18. The van der Waals surface area contributed by atoms with Crippen LogP contribution >= 0.6 is 11.3 Å². The molecule has 2 aromatic carbocycles. The van der Waals surface area contributed by atoms with Crippen LogP contribution in [0.4, 0.5) is 24.1 Å². The highest BCUT2D eigenvalue weighted by atomic mass is 32.1. The van der Waals surface area contributed by atoms with Crippen LogP contribution in [0.15, 0.2) is 24.3 Å². The molecule has 2 unspecified atom stereocenters. The second kappa shape index (κ2) is 9.40. The molecule has 4 saturated heterocycles. The molecule has 4 atom stereocenters. The van der Waals surface area contributed by atoms with Crippen molar-refractivity contribution in [1.29, 1.82) is 0 Å². The lowest BCUT2D eigenvalue weighted by Crippen LogP contribution is -2.52. The van der Waals surface area contributed by atoms with E-state index in [1.54, 1.807) is 6.07 Å². The smallest absolute Gasteiger partial charge is 0.319 e. The Morgan fingerprint density at radius 2 is 1.85 bits per heavy atom. The van der Waals surface area contributed by atoms with Crippen molar-refractivity contribution in [3.8, 4) is 17.1 Å². The Balaban J connectivity index is 1.26. The number of benzene rings is 2. The van der Waals surface area contributed by atoms with Crippen molar-refractivity contribution in [2.24, 2.45) is 0 Å². The average molecular weight is 582 g/mol. The standard InChI is InChI=1S/C29H30F3N7OS/c30-15-10-29(8-1-9-38(29)13-15)14-40-28-36-23-20(26(37-28)39-16-2-3-17(39)12-34-11-16)5-4-18(22(23)32)19-6-7-21(31)25-24(19)35-27(33)41-25/h4-7,15-17,34H,1-3,8-14H2,(H2,33,35)/t15-,16?,17?,29+/m1/s1. The van der Waals surface area contributed by atoms with Crippen LogP contribution in [-0.2, 0) is 0 Å². The lowest BCUT2D eigenvalue weighted by Gasteiger charge is -2.37. The molecule has 41 heavy (non-hydrogen) atoms. The maximum Gasteiger partial charge on any atom is 0.319 e. The quantitative estimate of drug-likeness (QED) is 0.352. The van der Waals surface area contributed by atoms with E-state index in [-0.39, 0.29) is 51.2 Å². The fourth-order valence-electron chi connectivity index (χ4n) is 7.58. The Kier molecular flexibility index (Phi) is 5.84. The van der Waals surface area contributed by atoms with E-state index >= 15 is 4.39 Å². The van der Waals surface area contributed by atoms with Crippen LogP contribution in [0.3, 0.4) is 0 Å². The monoisotopic (exact) mass is 581 g/mol. The number of nitrogens with one attached hydrogen (secondary N) is 1. The normalized spacial score (nSPS) is 27.8. The number of halogens is 3. The minimum atomic E-state index is -0.879. The minimum Gasteiger partial charge on any atom is -0.461 e. The van der Waals surface area contributed by atoms with Crippen molar-refractivity contribution < 1.29 is 17.9 Å². The number of nitrogens with two attached hydrogens (primary N) is 1. The van der Waals surface area contributed by atoms with Gasteiger partial charge in [0.15, 0.2) is 10.9 Å². The zero-order chi connectivity index (χ0) is 27.9. The molecule has 12 heteroatoms. The van der Waals surface area contributed by atoms with Crippen LogP contribution in [0.1, 0.15) is 32.1 Å². The van der Waals surface area contributed by atoms with Crippen molar-refractivity contribution in [3.05, 3.63) is 35.9 Å². The Labute approximate surface area is 238 Å². The van der Waals surface area contributed by atoms with Crippen molar-refractivity contribution >= 4 is 43.4 Å². The van der Waals surface area contributed by atoms with Gasteiger partial charge < -0.3 is 20.7 Å². The van der Waals surface area contributed by atoms with Gasteiger partial charge >= 0.3 is 6.01 Å². The SMILES string of the molecule is Nc1nc2c(-c3ccc4c(N5C6CCC5CNC6)nc(OC[C@@]56CCCN5C[C@H](F)C6)nc4c3F)ccc(F)c2s1. The van der Waals surface area contributed by atoms with Crippen molar-refractivity contribution in [1.82, 2.24) is 25.2 Å². The Hall–Kier alpha value is -3.22. The first-order valence-electron chi connectivity index (χ1n) is 14.3. The fraction of sp³-hybridized carbons (Fsp3) is 0.483. The van der Waals surface area contributed by atoms with E-state index in [0.29, 0.717) is 35.2 Å². The first-order chi connectivity index (χ1) is 19.9. The Morgan fingerprint density at radius 3 is 2.68 bits per heavy atom. The van der Waals surface area contributed by atoms with Gasteiger partial charge in [0.25, 0.3) is 0 Å². The molecule has 2 aromatic heterocycles. The molecule has 0 aliphatic carbocycles. The molecule has 8 nitrogen and oxygen atoms in total. The van der Waals surface area contributed by atoms with Crippen LogP contribution in [0.2, 0.25) is 0 Å². The van der Waals surface area contributed by atoms with Gasteiger partial charge in [-0.1, -0.05) is 17.4 Å². The summed E-state index contributed by atoms with van der Waals surface area (Å²) < 4.78 is 52.0. The van der Waals surface area contributed by atoms with Gasteiger partial charge in [-0.15, -0.1) is 0 Å². The second-order valence-electron chi connectivity index (χ2n) is 11.8. The lowest BCUT2D eigenvalue weighted by atomic mass is 9.95. The molecule has 0 spiro atoms. The lowest BCUT2D eigenvalue weighted by molar-refractivity contribution is 0.107. The number of aromatic nitrogens is 3. The molecular weight excluding hydrogens is 551 g/mol. The fourth-order valence-corrected chi connectivity index (χ4v) is 8.34. The van der Waals surface area contributed by atoms with Crippen LogP contribution in [0, 0.1) is 11.6 Å². The maximum atomic E-state index is 16.5. The highest BCUT2D eigenvalue weighted by molar-refractivity contribution is 7.22. The Morgan fingerprint density at radius 1 is 1.05 bits per heavy atom. The molecule has 214 valence electrons. The minimum absolute atomic E-state index is 0.0900. The third-order valence-electron chi connectivity index (χ3n) is 9.42. The van der Waals surface area contributed by atoms with Gasteiger partial charge in [0.1, 0.15) is 29.9 Å². The molecule has 4 fully saturated rings. The topological polar surface area (TPSA) is 92.4 Å². The van der Waals surface area contributed by atoms with Gasteiger partial charge in [-0.05, 0) is 50.4 Å². The number of nitrogens with zero attached hydrogens (tertiary/aromatic N) is 5. The van der Waals surface area contributed by atoms with Gasteiger partial charge in [0, 0.05) is 54.7 Å². The number of alkyl halides is 1. The Bertz CT molecular complexity index is 1670. The van der Waals surface area contributed by atoms with E-state index in [1.165, 1.54) is 12.1 Å². The summed E-state index contributed by atoms with van der Waals surface area (Å²) in [5, 5.41) is 4.30. The number of hydrogen-bond donors (Lipinski definition) is 2. The molecule has 8 rings (SSSR count). The molecule has 4 aliphatic heterocycles. The highest BCUT2D eigenvalue weighted by Gasteiger charge is 2.49. The maximum absolute atomic E-state index is 16.5. The first kappa shape index (κ1) is 25.5. The van der Waals surface area contributed by atoms with Gasteiger partial charge in [0.2, 0.25) is 0 Å². The van der Waals surface area contributed by atoms with E-state index in [1.807, 2.05) is 6.07 Å². The molecule has 4 aromatic rings. The van der Waals surface area contributed by atoms with Gasteiger partial charge in [-0.2, -0.15) is 9.97 Å². The second-order valence-corrected chi connectivity index (χ2v) is 12.8. The summed E-state index contributed by atoms with van der Waals surface area (Å²) in [6.07, 6.45) is 3.44. The van der Waals surface area contributed by atoms with Crippen molar-refractivity contribution in [2.45, 2.75) is 55.9 Å². The number of thiazole rings is 1. The number of anilines is 2. The largest absolute Gasteiger partial charge is 0.461 e. The third-order valence-corrected chi connectivity index (χ3v) is 10.3. The average Bonchev–Trinajstić information content (AvgIpc) is 3.68. The highest BCUT2D eigenvalue weighted by Crippen LogP contribution is 2.43. The van der Waals surface area contributed by atoms with Gasteiger partial charge in [0.05, 0.1) is 15.8 Å². The number of hydrogen-bond acceptors (Lipinski definition) is 9. The van der Waals surface area contributed by atoms with Crippen molar-refractivity contribution in [2.75, 3.05) is 43.4 Å². The number of ether oxygens (including phenoxy) is 1. The van der Waals surface area contributed by atoms with Crippen molar-refractivity contribution in [3.63, 3.8) is 0 Å². The van der Waals surface area contributed by atoms with Crippen LogP contribution < -0.4 is 20.7 Å². The molecule has 0 amide bonds. The van der Waals surface area contributed by atoms with Crippen LogP contribution in [0.25, 0.3) is 32.2 Å². The van der Waals surface area contributed by atoms with Gasteiger partial charge in [-0.3, -0.25) is 4.90 Å². The number of rotatable bonds is 5. The van der Waals surface area contributed by atoms with E-state index in [9.17, 15) is 8.78 Å².